The first-order valence-electron chi connectivity index (χ1n) is 24.1. The second-order valence-corrected chi connectivity index (χ2v) is 19.0. The SMILES string of the molecule is c1ccc(-n2c3ccccc3c3cc(-c4cccc5c6cccc7c8nc9c(cc8n(c45)c67)c4cccc5c6cccc(-c7ccc8c(c7)c7ccccc7n8-c7ccccc7)c6n9c45)ccc32)cc1. The van der Waals surface area contributed by atoms with Gasteiger partial charge in [0.1, 0.15) is 5.65 Å². The lowest BCUT2D eigenvalue weighted by atomic mass is 9.99. The van der Waals surface area contributed by atoms with Crippen LogP contribution in [0.5, 0.6) is 0 Å². The van der Waals surface area contributed by atoms with Gasteiger partial charge in [0, 0.05) is 81.8 Å². The van der Waals surface area contributed by atoms with E-state index in [1.165, 1.54) is 120 Å². The molecule has 0 unspecified atom stereocenters. The molecule has 10 aromatic carbocycles. The molecule has 322 valence electrons. The molecule has 7 aromatic heterocycles. The molecule has 0 amide bonds. The second kappa shape index (κ2) is 13.2. The van der Waals surface area contributed by atoms with Gasteiger partial charge in [-0.2, -0.15) is 0 Å². The van der Waals surface area contributed by atoms with Gasteiger partial charge in [-0.1, -0.05) is 158 Å². The Kier molecular flexibility index (Phi) is 6.89. The van der Waals surface area contributed by atoms with Crippen molar-refractivity contribution in [2.75, 3.05) is 0 Å². The summed E-state index contributed by atoms with van der Waals surface area (Å²) in [6, 6.07) is 82.7. The smallest absolute Gasteiger partial charge is 0.146 e. The summed E-state index contributed by atoms with van der Waals surface area (Å²) < 4.78 is 9.77. The fourth-order valence-corrected chi connectivity index (χ4v) is 12.8. The molecule has 5 heteroatoms. The van der Waals surface area contributed by atoms with Crippen LogP contribution in [0, 0.1) is 0 Å². The summed E-state index contributed by atoms with van der Waals surface area (Å²) in [6.07, 6.45) is 0. The first kappa shape index (κ1) is 36.6. The second-order valence-electron chi connectivity index (χ2n) is 19.0. The number of benzene rings is 10. The Bertz CT molecular complexity index is 4730. The van der Waals surface area contributed by atoms with Crippen LogP contribution in [0.25, 0.3) is 154 Å². The summed E-state index contributed by atoms with van der Waals surface area (Å²) in [6.45, 7) is 0. The highest BCUT2D eigenvalue weighted by atomic mass is 15.0. The zero-order chi connectivity index (χ0) is 45.3. The number of para-hydroxylation sites is 8. The topological polar surface area (TPSA) is 31.6 Å². The van der Waals surface area contributed by atoms with E-state index in [-0.39, 0.29) is 0 Å². The lowest BCUT2D eigenvalue weighted by Crippen LogP contribution is -1.93. The lowest BCUT2D eigenvalue weighted by molar-refractivity contribution is 1.18. The van der Waals surface area contributed by atoms with E-state index >= 15 is 0 Å². The molecular weight excluding hydrogens is 851 g/mol. The lowest BCUT2D eigenvalue weighted by Gasteiger charge is -2.10. The zero-order valence-corrected chi connectivity index (χ0v) is 37.6. The molecule has 0 aliphatic rings. The van der Waals surface area contributed by atoms with Crippen molar-refractivity contribution in [3.63, 3.8) is 0 Å². The molecule has 0 fully saturated rings. The van der Waals surface area contributed by atoms with Crippen molar-refractivity contribution in [1.82, 2.24) is 22.9 Å². The molecule has 0 atom stereocenters. The average Bonchev–Trinajstić information content (AvgIpc) is 4.26. The number of fused-ring (bicyclic) bond motifs is 18. The minimum absolute atomic E-state index is 0.988. The fourth-order valence-electron chi connectivity index (χ4n) is 12.8. The van der Waals surface area contributed by atoms with Gasteiger partial charge in [-0.05, 0) is 77.9 Å². The Morgan fingerprint density at radius 2 is 0.671 bits per heavy atom. The first-order valence-corrected chi connectivity index (χ1v) is 24.1. The number of aromatic nitrogens is 5. The number of nitrogens with zero attached hydrogens (tertiary/aromatic N) is 5. The van der Waals surface area contributed by atoms with Crippen molar-refractivity contribution in [2.24, 2.45) is 0 Å². The van der Waals surface area contributed by atoms with Crippen molar-refractivity contribution in [3.8, 4) is 33.6 Å². The van der Waals surface area contributed by atoms with Crippen LogP contribution >= 0.6 is 0 Å². The van der Waals surface area contributed by atoms with Crippen LogP contribution in [0.2, 0.25) is 0 Å². The molecule has 0 bridgehead atoms. The molecule has 0 aliphatic heterocycles. The molecule has 5 nitrogen and oxygen atoms in total. The highest BCUT2D eigenvalue weighted by Crippen LogP contribution is 2.47. The summed E-state index contributed by atoms with van der Waals surface area (Å²) in [7, 11) is 0. The summed E-state index contributed by atoms with van der Waals surface area (Å²) in [5, 5.41) is 13.5. The quantitative estimate of drug-likeness (QED) is 0.173. The van der Waals surface area contributed by atoms with E-state index in [1.54, 1.807) is 0 Å². The number of rotatable bonds is 4. The molecule has 0 radical (unpaired) electrons. The molecule has 0 spiro atoms. The van der Waals surface area contributed by atoms with Gasteiger partial charge in [0.25, 0.3) is 0 Å². The van der Waals surface area contributed by atoms with Crippen molar-refractivity contribution >= 4 is 120 Å². The molecule has 17 aromatic rings. The van der Waals surface area contributed by atoms with Crippen LogP contribution in [0.3, 0.4) is 0 Å². The Morgan fingerprint density at radius 3 is 1.23 bits per heavy atom. The third-order valence-corrected chi connectivity index (χ3v) is 15.6. The van der Waals surface area contributed by atoms with Crippen LogP contribution in [0.15, 0.2) is 224 Å². The predicted octanol–water partition coefficient (Wildman–Crippen LogP) is 16.9. The standard InChI is InChI=1S/C65H37N5/c1-3-15-40(16-4-1)67-55-29-9-7-19-44(55)52-35-38(31-33-57(52)67)42-21-11-23-46-49-26-14-28-51-60-59(69(61(42)46)64(49)51)37-54-50-27-13-25-48-47-24-12-22-43(62(47)70(63(48)50)65(54)66-60)39-32-34-58-53(36-39)45-20-8-10-30-56(45)68(58)41-17-5-2-6-18-41/h1-37H. The Labute approximate surface area is 399 Å². The predicted molar refractivity (Wildman–Crippen MR) is 293 cm³/mol. The zero-order valence-electron chi connectivity index (χ0n) is 37.6. The molecule has 7 heterocycles. The molecule has 17 rings (SSSR count). The molecule has 0 saturated carbocycles. The molecular formula is C65H37N5. The first-order chi connectivity index (χ1) is 34.8. The minimum atomic E-state index is 0.988. The van der Waals surface area contributed by atoms with Crippen LogP contribution < -0.4 is 0 Å². The van der Waals surface area contributed by atoms with Gasteiger partial charge in [0.2, 0.25) is 0 Å². The third-order valence-electron chi connectivity index (χ3n) is 15.6. The van der Waals surface area contributed by atoms with Gasteiger partial charge in [-0.3, -0.25) is 4.40 Å². The average molecular weight is 888 g/mol. The minimum Gasteiger partial charge on any atom is -0.309 e. The van der Waals surface area contributed by atoms with Crippen LogP contribution in [0.1, 0.15) is 0 Å². The monoisotopic (exact) mass is 887 g/mol. The van der Waals surface area contributed by atoms with E-state index < -0.39 is 0 Å². The molecule has 0 aliphatic carbocycles. The Hall–Kier alpha value is -9.45. The van der Waals surface area contributed by atoms with Crippen LogP contribution in [-0.2, 0) is 0 Å². The number of hydrogen-bond acceptors (Lipinski definition) is 1. The van der Waals surface area contributed by atoms with Gasteiger partial charge in [0.15, 0.2) is 0 Å². The molecule has 70 heavy (non-hydrogen) atoms. The summed E-state index contributed by atoms with van der Waals surface area (Å²) >= 11 is 0. The van der Waals surface area contributed by atoms with Gasteiger partial charge in [0.05, 0.1) is 55.2 Å². The van der Waals surface area contributed by atoms with E-state index in [9.17, 15) is 0 Å². The normalized spacial score (nSPS) is 12.6. The van der Waals surface area contributed by atoms with E-state index in [2.05, 4.69) is 242 Å². The van der Waals surface area contributed by atoms with Gasteiger partial charge < -0.3 is 13.5 Å². The Morgan fingerprint density at radius 1 is 0.257 bits per heavy atom. The Balaban J connectivity index is 0.927. The van der Waals surface area contributed by atoms with Crippen LogP contribution in [-0.4, -0.2) is 22.9 Å². The van der Waals surface area contributed by atoms with E-state index in [1.807, 2.05) is 0 Å². The van der Waals surface area contributed by atoms with Gasteiger partial charge in [-0.25, -0.2) is 4.98 Å². The fraction of sp³-hybridized carbons (Fsp3) is 0. The van der Waals surface area contributed by atoms with Crippen molar-refractivity contribution in [3.05, 3.63) is 224 Å². The maximum atomic E-state index is 5.82. The maximum Gasteiger partial charge on any atom is 0.146 e. The molecule has 0 N–H and O–H groups in total. The van der Waals surface area contributed by atoms with E-state index in [4.69, 9.17) is 4.98 Å². The van der Waals surface area contributed by atoms with Crippen molar-refractivity contribution < 1.29 is 0 Å². The van der Waals surface area contributed by atoms with Crippen molar-refractivity contribution in [1.29, 1.82) is 0 Å². The highest BCUT2D eigenvalue weighted by molar-refractivity contribution is 6.29. The number of pyridine rings is 1. The van der Waals surface area contributed by atoms with E-state index in [0.717, 1.165) is 33.4 Å². The summed E-state index contributed by atoms with van der Waals surface area (Å²) in [4.78, 5) is 5.82. The van der Waals surface area contributed by atoms with Crippen LogP contribution in [0.4, 0.5) is 0 Å². The number of hydrogen-bond donors (Lipinski definition) is 0. The summed E-state index contributed by atoms with van der Waals surface area (Å²) in [5.74, 6) is 0. The summed E-state index contributed by atoms with van der Waals surface area (Å²) in [5.41, 5.74) is 19.9. The van der Waals surface area contributed by atoms with E-state index in [0.29, 0.717) is 0 Å². The van der Waals surface area contributed by atoms with Gasteiger partial charge in [-0.15, -0.1) is 0 Å². The van der Waals surface area contributed by atoms with Crippen molar-refractivity contribution in [2.45, 2.75) is 0 Å². The maximum absolute atomic E-state index is 5.82. The highest BCUT2D eigenvalue weighted by Gasteiger charge is 2.26. The largest absolute Gasteiger partial charge is 0.309 e. The van der Waals surface area contributed by atoms with Gasteiger partial charge >= 0.3 is 0 Å². The third kappa shape index (κ3) is 4.55. The molecule has 0 saturated heterocycles.